The molecule has 0 aliphatic heterocycles. The van der Waals surface area contributed by atoms with Gasteiger partial charge in [0.2, 0.25) is 16.0 Å². The zero-order valence-corrected chi connectivity index (χ0v) is 16.4. The first-order valence-corrected chi connectivity index (χ1v) is 11.0. The number of hydrogen-bond acceptors (Lipinski definition) is 7. The molecule has 3 aromatic rings. The molecule has 1 fully saturated rings. The smallest absolute Gasteiger partial charge is 0.232 e. The maximum atomic E-state index is 11.8. The quantitative estimate of drug-likeness (QED) is 0.479. The number of rotatable bonds is 7. The molecule has 0 unspecified atom stereocenters. The lowest BCUT2D eigenvalue weighted by Gasteiger charge is -2.14. The molecule has 4 rings (SSSR count). The monoisotopic (exact) mass is 401 g/mol. The summed E-state index contributed by atoms with van der Waals surface area (Å²) in [6.07, 6.45) is 6.30. The normalized spacial score (nSPS) is 15.0. The standard InChI is InChI=1S/C18H23N7O2S/c1-2-28(26,27)25-14-9-5-8-13(10-14)22-18-23-16-15(19-11-20-16)17(24-18)21-12-6-3-4-7-12/h5,8-12,25H,2-4,6-7H2,1H3,(H3,19,20,21,22,23,24). The molecule has 0 saturated heterocycles. The lowest BCUT2D eigenvalue weighted by molar-refractivity contribution is 0.602. The first-order valence-electron chi connectivity index (χ1n) is 9.37. The Morgan fingerprint density at radius 1 is 1.18 bits per heavy atom. The molecule has 0 radical (unpaired) electrons. The third kappa shape index (κ3) is 4.16. The van der Waals surface area contributed by atoms with Crippen LogP contribution in [0.1, 0.15) is 32.6 Å². The highest BCUT2D eigenvalue weighted by molar-refractivity contribution is 7.92. The summed E-state index contributed by atoms with van der Waals surface area (Å²) in [5.74, 6) is 1.13. The van der Waals surface area contributed by atoms with Crippen LogP contribution >= 0.6 is 0 Å². The second-order valence-corrected chi connectivity index (χ2v) is 8.84. The minimum Gasteiger partial charge on any atom is -0.365 e. The van der Waals surface area contributed by atoms with E-state index in [-0.39, 0.29) is 5.75 Å². The largest absolute Gasteiger partial charge is 0.365 e. The van der Waals surface area contributed by atoms with Gasteiger partial charge in [0.15, 0.2) is 11.5 Å². The molecule has 1 aromatic carbocycles. The number of imidazole rings is 1. The molecule has 0 amide bonds. The lowest BCUT2D eigenvalue weighted by atomic mass is 10.2. The summed E-state index contributed by atoms with van der Waals surface area (Å²) in [5, 5.41) is 6.64. The van der Waals surface area contributed by atoms with Crippen molar-refractivity contribution in [3.8, 4) is 0 Å². The molecule has 10 heteroatoms. The van der Waals surface area contributed by atoms with Crippen molar-refractivity contribution in [2.24, 2.45) is 0 Å². The van der Waals surface area contributed by atoms with Crippen molar-refractivity contribution in [3.05, 3.63) is 30.6 Å². The number of anilines is 4. The van der Waals surface area contributed by atoms with E-state index < -0.39 is 10.0 Å². The summed E-state index contributed by atoms with van der Waals surface area (Å²) in [7, 11) is -3.34. The molecular formula is C18H23N7O2S. The van der Waals surface area contributed by atoms with Gasteiger partial charge >= 0.3 is 0 Å². The van der Waals surface area contributed by atoms with Crippen molar-refractivity contribution in [1.82, 2.24) is 19.9 Å². The second-order valence-electron chi connectivity index (χ2n) is 6.83. The fourth-order valence-electron chi connectivity index (χ4n) is 3.30. The summed E-state index contributed by atoms with van der Waals surface area (Å²) in [6, 6.07) is 7.39. The Balaban J connectivity index is 1.59. The number of nitrogens with one attached hydrogen (secondary N) is 4. The van der Waals surface area contributed by atoms with Crippen LogP contribution in [0.4, 0.5) is 23.1 Å². The highest BCUT2D eigenvalue weighted by Gasteiger charge is 2.18. The predicted octanol–water partition coefficient (Wildman–Crippen LogP) is 3.21. The van der Waals surface area contributed by atoms with E-state index in [1.165, 1.54) is 12.8 Å². The Morgan fingerprint density at radius 3 is 2.75 bits per heavy atom. The number of fused-ring (bicyclic) bond motifs is 1. The molecular weight excluding hydrogens is 378 g/mol. The SMILES string of the molecule is CCS(=O)(=O)Nc1cccc(Nc2nc(NC3CCCC3)c3[nH]cnc3n2)c1. The van der Waals surface area contributed by atoms with Crippen LogP contribution in [-0.4, -0.2) is 40.1 Å². The average Bonchev–Trinajstić information content (AvgIpc) is 3.33. The molecule has 0 bridgehead atoms. The Labute approximate surface area is 163 Å². The maximum Gasteiger partial charge on any atom is 0.232 e. The number of nitrogens with zero attached hydrogens (tertiary/aromatic N) is 3. The third-order valence-corrected chi connectivity index (χ3v) is 6.06. The van der Waals surface area contributed by atoms with Gasteiger partial charge in [-0.15, -0.1) is 0 Å². The first kappa shape index (κ1) is 18.5. The van der Waals surface area contributed by atoms with Gasteiger partial charge in [-0.1, -0.05) is 18.9 Å². The maximum absolute atomic E-state index is 11.8. The number of sulfonamides is 1. The van der Waals surface area contributed by atoms with Crippen LogP contribution in [0.5, 0.6) is 0 Å². The van der Waals surface area contributed by atoms with Crippen molar-refractivity contribution in [2.75, 3.05) is 21.1 Å². The van der Waals surface area contributed by atoms with Crippen LogP contribution in [0.2, 0.25) is 0 Å². The molecule has 2 heterocycles. The molecule has 1 aliphatic carbocycles. The van der Waals surface area contributed by atoms with Gasteiger partial charge in [-0.2, -0.15) is 9.97 Å². The van der Waals surface area contributed by atoms with Crippen molar-refractivity contribution in [3.63, 3.8) is 0 Å². The molecule has 0 spiro atoms. The van der Waals surface area contributed by atoms with E-state index in [1.54, 1.807) is 31.5 Å². The fourth-order valence-corrected chi connectivity index (χ4v) is 3.93. The molecule has 1 saturated carbocycles. The summed E-state index contributed by atoms with van der Waals surface area (Å²) in [5.41, 5.74) is 2.51. The summed E-state index contributed by atoms with van der Waals surface area (Å²) < 4.78 is 26.1. The van der Waals surface area contributed by atoms with Gasteiger partial charge in [-0.3, -0.25) is 4.72 Å². The number of hydrogen-bond donors (Lipinski definition) is 4. The molecule has 9 nitrogen and oxygen atoms in total. The van der Waals surface area contributed by atoms with Gasteiger partial charge in [0.1, 0.15) is 5.52 Å². The van der Waals surface area contributed by atoms with E-state index in [9.17, 15) is 8.42 Å². The molecule has 28 heavy (non-hydrogen) atoms. The number of aromatic amines is 1. The third-order valence-electron chi connectivity index (χ3n) is 4.75. The summed E-state index contributed by atoms with van der Waals surface area (Å²) in [4.78, 5) is 16.4. The Kier molecular flexibility index (Phi) is 5.03. The molecule has 1 aliphatic rings. The van der Waals surface area contributed by atoms with E-state index in [2.05, 4.69) is 35.3 Å². The Hall–Kier alpha value is -2.88. The number of benzene rings is 1. The Bertz CT molecular complexity index is 1070. The van der Waals surface area contributed by atoms with E-state index in [0.717, 1.165) is 24.2 Å². The predicted molar refractivity (Wildman–Crippen MR) is 110 cm³/mol. The number of aromatic nitrogens is 4. The highest BCUT2D eigenvalue weighted by atomic mass is 32.2. The fraction of sp³-hybridized carbons (Fsp3) is 0.389. The van der Waals surface area contributed by atoms with Crippen LogP contribution in [0.25, 0.3) is 11.2 Å². The Morgan fingerprint density at radius 2 is 1.96 bits per heavy atom. The van der Waals surface area contributed by atoms with Gasteiger partial charge < -0.3 is 15.6 Å². The van der Waals surface area contributed by atoms with E-state index in [1.807, 2.05) is 6.07 Å². The van der Waals surface area contributed by atoms with Crippen molar-refractivity contribution in [1.29, 1.82) is 0 Å². The molecule has 2 aromatic heterocycles. The second kappa shape index (κ2) is 7.63. The van der Waals surface area contributed by atoms with Gasteiger partial charge in [0, 0.05) is 11.7 Å². The zero-order valence-electron chi connectivity index (χ0n) is 15.6. The lowest BCUT2D eigenvalue weighted by Crippen LogP contribution is -2.16. The molecule has 4 N–H and O–H groups in total. The van der Waals surface area contributed by atoms with E-state index in [0.29, 0.717) is 29.0 Å². The molecule has 148 valence electrons. The van der Waals surface area contributed by atoms with Gasteiger partial charge in [-0.25, -0.2) is 13.4 Å². The first-order chi connectivity index (χ1) is 13.5. The van der Waals surface area contributed by atoms with Gasteiger partial charge in [0.05, 0.1) is 17.8 Å². The van der Waals surface area contributed by atoms with Crippen molar-refractivity contribution in [2.45, 2.75) is 38.6 Å². The van der Waals surface area contributed by atoms with Gasteiger partial charge in [-0.05, 0) is 38.0 Å². The van der Waals surface area contributed by atoms with Crippen LogP contribution in [0, 0.1) is 0 Å². The summed E-state index contributed by atoms with van der Waals surface area (Å²) >= 11 is 0. The summed E-state index contributed by atoms with van der Waals surface area (Å²) in [6.45, 7) is 1.59. The zero-order chi connectivity index (χ0) is 19.6. The van der Waals surface area contributed by atoms with Crippen LogP contribution in [-0.2, 0) is 10.0 Å². The molecule has 0 atom stereocenters. The number of H-pyrrole nitrogens is 1. The van der Waals surface area contributed by atoms with Crippen molar-refractivity contribution < 1.29 is 8.42 Å². The van der Waals surface area contributed by atoms with Crippen LogP contribution in [0.15, 0.2) is 30.6 Å². The minimum absolute atomic E-state index is 0.0137. The minimum atomic E-state index is -3.34. The van der Waals surface area contributed by atoms with Crippen LogP contribution in [0.3, 0.4) is 0 Å². The van der Waals surface area contributed by atoms with E-state index in [4.69, 9.17) is 0 Å². The topological polar surface area (TPSA) is 125 Å². The average molecular weight is 401 g/mol. The highest BCUT2D eigenvalue weighted by Crippen LogP contribution is 2.26. The van der Waals surface area contributed by atoms with E-state index >= 15 is 0 Å². The van der Waals surface area contributed by atoms with Crippen LogP contribution < -0.4 is 15.4 Å². The van der Waals surface area contributed by atoms with Crippen molar-refractivity contribution >= 4 is 44.3 Å². The van der Waals surface area contributed by atoms with Gasteiger partial charge in [0.25, 0.3) is 0 Å².